The van der Waals surface area contributed by atoms with E-state index in [1.54, 1.807) is 4.90 Å². The summed E-state index contributed by atoms with van der Waals surface area (Å²) >= 11 is 0. The highest BCUT2D eigenvalue weighted by Crippen LogP contribution is 2.41. The summed E-state index contributed by atoms with van der Waals surface area (Å²) in [4.78, 5) is 26.6. The Morgan fingerprint density at radius 3 is 2.40 bits per heavy atom. The Bertz CT molecular complexity index is 440. The molecule has 1 heterocycles. The highest BCUT2D eigenvalue weighted by molar-refractivity contribution is 6.03. The molecule has 3 unspecified atom stereocenters. The molecule has 3 heteroatoms. The summed E-state index contributed by atoms with van der Waals surface area (Å²) in [6.45, 7) is 10.2. The topological polar surface area (TPSA) is 37.4 Å². The first-order valence-corrected chi connectivity index (χ1v) is 7.75. The van der Waals surface area contributed by atoms with Crippen molar-refractivity contribution >= 4 is 11.8 Å². The van der Waals surface area contributed by atoms with Crippen LogP contribution in [0.5, 0.6) is 0 Å². The molecule has 0 aromatic rings. The maximum Gasteiger partial charge on any atom is 0.236 e. The first-order chi connectivity index (χ1) is 9.23. The van der Waals surface area contributed by atoms with Crippen molar-refractivity contribution in [1.82, 2.24) is 4.90 Å². The van der Waals surface area contributed by atoms with Crippen molar-refractivity contribution in [3.8, 4) is 0 Å². The van der Waals surface area contributed by atoms with E-state index in [2.05, 4.69) is 20.8 Å². The number of nitrogens with zero attached hydrogens (tertiary/aromatic N) is 1. The molecule has 3 nitrogen and oxygen atoms in total. The molecule has 2 fully saturated rings. The standard InChI is InChI=1S/C17H27NO2/c1-11(2)10-13(17(3,4)5)16(20)18-14-9-7-6-8-12(14)15(18)19/h10,12-14H,6-9H2,1-5H3. The molecule has 0 aromatic heterocycles. The van der Waals surface area contributed by atoms with E-state index < -0.39 is 0 Å². The number of allylic oxidation sites excluding steroid dienone is 1. The van der Waals surface area contributed by atoms with Gasteiger partial charge in [0.1, 0.15) is 0 Å². The second-order valence-electron chi connectivity index (χ2n) is 7.59. The van der Waals surface area contributed by atoms with Gasteiger partial charge in [-0.25, -0.2) is 0 Å². The van der Waals surface area contributed by atoms with Crippen molar-refractivity contribution in [2.45, 2.75) is 66.3 Å². The molecule has 1 saturated heterocycles. The van der Waals surface area contributed by atoms with E-state index in [-0.39, 0.29) is 35.1 Å². The molecule has 20 heavy (non-hydrogen) atoms. The average molecular weight is 277 g/mol. The van der Waals surface area contributed by atoms with E-state index in [4.69, 9.17) is 0 Å². The molecule has 2 rings (SSSR count). The van der Waals surface area contributed by atoms with Crippen LogP contribution >= 0.6 is 0 Å². The molecular weight excluding hydrogens is 250 g/mol. The van der Waals surface area contributed by atoms with E-state index in [9.17, 15) is 9.59 Å². The molecule has 0 bridgehead atoms. The van der Waals surface area contributed by atoms with Crippen LogP contribution in [-0.2, 0) is 9.59 Å². The molecule has 1 aliphatic carbocycles. The molecule has 0 aromatic carbocycles. The van der Waals surface area contributed by atoms with Crippen molar-refractivity contribution in [2.24, 2.45) is 17.3 Å². The minimum Gasteiger partial charge on any atom is -0.278 e. The van der Waals surface area contributed by atoms with Crippen LogP contribution in [0.2, 0.25) is 0 Å². The highest BCUT2D eigenvalue weighted by atomic mass is 16.2. The van der Waals surface area contributed by atoms with E-state index in [0.717, 1.165) is 31.3 Å². The van der Waals surface area contributed by atoms with Crippen LogP contribution in [0, 0.1) is 17.3 Å². The fraction of sp³-hybridized carbons (Fsp3) is 0.765. The lowest BCUT2D eigenvalue weighted by Crippen LogP contribution is -2.65. The van der Waals surface area contributed by atoms with Crippen LogP contribution in [0.25, 0.3) is 0 Å². The van der Waals surface area contributed by atoms with Crippen LogP contribution in [0.1, 0.15) is 60.3 Å². The summed E-state index contributed by atoms with van der Waals surface area (Å²) in [5, 5.41) is 0. The maximum atomic E-state index is 12.8. The first-order valence-electron chi connectivity index (χ1n) is 7.75. The second-order valence-corrected chi connectivity index (χ2v) is 7.59. The molecular formula is C17H27NO2. The number of β-lactam (4-membered cyclic amide) rings is 1. The summed E-state index contributed by atoms with van der Waals surface area (Å²) < 4.78 is 0. The molecule has 1 aliphatic heterocycles. The van der Waals surface area contributed by atoms with Gasteiger partial charge in [-0.1, -0.05) is 45.3 Å². The van der Waals surface area contributed by atoms with E-state index in [1.165, 1.54) is 0 Å². The predicted molar refractivity (Wildman–Crippen MR) is 80.0 cm³/mol. The molecule has 2 aliphatic rings. The third-order valence-corrected chi connectivity index (χ3v) is 4.55. The Hall–Kier alpha value is -1.12. The maximum absolute atomic E-state index is 12.8. The summed E-state index contributed by atoms with van der Waals surface area (Å²) in [6.07, 6.45) is 6.25. The van der Waals surface area contributed by atoms with Crippen molar-refractivity contribution in [2.75, 3.05) is 0 Å². The number of hydrogen-bond donors (Lipinski definition) is 0. The van der Waals surface area contributed by atoms with Gasteiger partial charge in [-0.3, -0.25) is 14.5 Å². The number of rotatable bonds is 2. The molecule has 0 radical (unpaired) electrons. The molecule has 1 saturated carbocycles. The van der Waals surface area contributed by atoms with Crippen molar-refractivity contribution in [1.29, 1.82) is 0 Å². The quantitative estimate of drug-likeness (QED) is 0.572. The van der Waals surface area contributed by atoms with Gasteiger partial charge in [-0.2, -0.15) is 0 Å². The smallest absolute Gasteiger partial charge is 0.236 e. The number of likely N-dealkylation sites (tertiary alicyclic amines) is 1. The Balaban J connectivity index is 2.20. The number of imide groups is 1. The third kappa shape index (κ3) is 2.68. The fourth-order valence-corrected chi connectivity index (χ4v) is 3.42. The van der Waals surface area contributed by atoms with Gasteiger partial charge in [0.15, 0.2) is 0 Å². The minimum atomic E-state index is -0.209. The zero-order valence-corrected chi connectivity index (χ0v) is 13.4. The molecule has 112 valence electrons. The average Bonchev–Trinajstić information content (AvgIpc) is 2.33. The Morgan fingerprint density at radius 2 is 1.85 bits per heavy atom. The van der Waals surface area contributed by atoms with Gasteiger partial charge in [0.25, 0.3) is 0 Å². The van der Waals surface area contributed by atoms with Crippen LogP contribution in [0.3, 0.4) is 0 Å². The predicted octanol–water partition coefficient (Wildman–Crippen LogP) is 3.54. The van der Waals surface area contributed by atoms with Crippen LogP contribution in [0.15, 0.2) is 11.6 Å². The molecule has 0 N–H and O–H groups in total. The highest BCUT2D eigenvalue weighted by Gasteiger charge is 2.52. The van der Waals surface area contributed by atoms with E-state index in [0.29, 0.717) is 0 Å². The monoisotopic (exact) mass is 277 g/mol. The van der Waals surface area contributed by atoms with E-state index >= 15 is 0 Å². The normalized spacial score (nSPS) is 27.4. The number of carbonyl (C=O) groups is 2. The fourth-order valence-electron chi connectivity index (χ4n) is 3.42. The van der Waals surface area contributed by atoms with Gasteiger partial charge in [0.2, 0.25) is 11.8 Å². The van der Waals surface area contributed by atoms with Gasteiger partial charge < -0.3 is 0 Å². The van der Waals surface area contributed by atoms with Crippen LogP contribution in [0.4, 0.5) is 0 Å². The Morgan fingerprint density at radius 1 is 1.25 bits per heavy atom. The van der Waals surface area contributed by atoms with E-state index in [1.807, 2.05) is 19.9 Å². The Labute approximate surface area is 122 Å². The molecule has 2 amide bonds. The lowest BCUT2D eigenvalue weighted by atomic mass is 9.73. The van der Waals surface area contributed by atoms with Gasteiger partial charge in [0, 0.05) is 0 Å². The van der Waals surface area contributed by atoms with Crippen molar-refractivity contribution < 1.29 is 9.59 Å². The first kappa shape index (κ1) is 15.3. The number of amides is 2. The largest absolute Gasteiger partial charge is 0.278 e. The van der Waals surface area contributed by atoms with Crippen molar-refractivity contribution in [3.63, 3.8) is 0 Å². The van der Waals surface area contributed by atoms with Crippen LogP contribution in [-0.4, -0.2) is 22.8 Å². The van der Waals surface area contributed by atoms with Gasteiger partial charge in [-0.15, -0.1) is 0 Å². The zero-order valence-electron chi connectivity index (χ0n) is 13.4. The summed E-state index contributed by atoms with van der Waals surface area (Å²) in [6, 6.07) is 0.180. The molecule has 0 spiro atoms. The minimum absolute atomic E-state index is 0.00634. The summed E-state index contributed by atoms with van der Waals surface area (Å²) in [5.41, 5.74) is 0.973. The summed E-state index contributed by atoms with van der Waals surface area (Å²) in [7, 11) is 0. The molecule has 3 atom stereocenters. The van der Waals surface area contributed by atoms with Crippen LogP contribution < -0.4 is 0 Å². The third-order valence-electron chi connectivity index (χ3n) is 4.55. The van der Waals surface area contributed by atoms with Gasteiger partial charge in [-0.05, 0) is 32.1 Å². The van der Waals surface area contributed by atoms with Gasteiger partial charge >= 0.3 is 0 Å². The number of hydrogen-bond acceptors (Lipinski definition) is 2. The number of carbonyl (C=O) groups excluding carboxylic acids is 2. The lowest BCUT2D eigenvalue weighted by molar-refractivity contribution is -0.171. The van der Waals surface area contributed by atoms with Gasteiger partial charge in [0.05, 0.1) is 17.9 Å². The Kier molecular flexibility index (Phi) is 4.08. The number of fused-ring (bicyclic) bond motifs is 1. The zero-order chi connectivity index (χ0) is 15.1. The second kappa shape index (κ2) is 5.34. The lowest BCUT2D eigenvalue weighted by Gasteiger charge is -2.50. The summed E-state index contributed by atoms with van der Waals surface area (Å²) in [5.74, 6) is -0.0118. The van der Waals surface area contributed by atoms with Crippen molar-refractivity contribution in [3.05, 3.63) is 11.6 Å². The SMILES string of the molecule is CC(C)=CC(C(=O)N1C(=O)C2CCCCC21)C(C)(C)C.